The van der Waals surface area contributed by atoms with Gasteiger partial charge in [-0.25, -0.2) is 0 Å². The average Bonchev–Trinajstić information content (AvgIpc) is 2.66. The molecule has 1 unspecified atom stereocenters. The van der Waals surface area contributed by atoms with Crippen LogP contribution in [-0.4, -0.2) is 115 Å². The van der Waals surface area contributed by atoms with Crippen LogP contribution in [0.1, 0.15) is 20.8 Å². The van der Waals surface area contributed by atoms with Gasteiger partial charge >= 0.3 is 0 Å². The summed E-state index contributed by atoms with van der Waals surface area (Å²) in [6.07, 6.45) is 0. The Hall–Kier alpha value is -1.38. The zero-order valence-corrected chi connectivity index (χ0v) is 16.6. The number of carbonyl (C=O) groups excluding carboxylic acids is 1. The van der Waals surface area contributed by atoms with Crippen LogP contribution in [0.15, 0.2) is 4.99 Å². The van der Waals surface area contributed by atoms with E-state index in [1.54, 1.807) is 0 Å². The molecule has 8 nitrogen and oxygen atoms in total. The molecule has 4 fully saturated rings. The lowest BCUT2D eigenvalue weighted by Crippen LogP contribution is -2.62. The Morgan fingerprint density at radius 1 is 1.12 bits per heavy atom. The zero-order chi connectivity index (χ0) is 18.7. The van der Waals surface area contributed by atoms with Gasteiger partial charge in [-0.05, 0) is 20.8 Å². The number of rotatable bonds is 5. The molecule has 0 spiro atoms. The molecular formula is C18H35N7O. The highest BCUT2D eigenvalue weighted by Crippen LogP contribution is 2.18. The molecule has 4 heterocycles. The highest BCUT2D eigenvalue weighted by atomic mass is 16.1. The van der Waals surface area contributed by atoms with Crippen molar-refractivity contribution < 1.29 is 4.79 Å². The van der Waals surface area contributed by atoms with Crippen molar-refractivity contribution >= 4 is 11.9 Å². The molecule has 0 saturated carbocycles. The molecule has 148 valence electrons. The maximum absolute atomic E-state index is 11.7. The van der Waals surface area contributed by atoms with Gasteiger partial charge in [0.05, 0.1) is 12.1 Å². The fraction of sp³-hybridized carbons (Fsp3) is 0.889. The topological polar surface area (TPSA) is 80.4 Å². The third-order valence-electron chi connectivity index (χ3n) is 6.15. The fourth-order valence-corrected chi connectivity index (χ4v) is 4.15. The van der Waals surface area contributed by atoms with Crippen LogP contribution < -0.4 is 11.1 Å². The monoisotopic (exact) mass is 365 g/mol. The van der Waals surface area contributed by atoms with E-state index in [0.717, 1.165) is 51.8 Å². The molecule has 0 aromatic carbocycles. The number of amides is 1. The number of fused-ring (bicyclic) bond motifs is 3. The summed E-state index contributed by atoms with van der Waals surface area (Å²) in [5.41, 5.74) is 4.97. The molecule has 4 aliphatic rings. The normalized spacial score (nSPS) is 30.5. The average molecular weight is 366 g/mol. The second-order valence-corrected chi connectivity index (χ2v) is 8.08. The Balaban J connectivity index is 1.57. The Kier molecular flexibility index (Phi) is 6.04. The molecule has 26 heavy (non-hydrogen) atoms. The lowest BCUT2D eigenvalue weighted by atomic mass is 10.0. The Labute approximate surface area is 157 Å². The van der Waals surface area contributed by atoms with Crippen molar-refractivity contribution in [2.75, 3.05) is 72.0 Å². The summed E-state index contributed by atoms with van der Waals surface area (Å²) in [6, 6.07) is 0.543. The van der Waals surface area contributed by atoms with Gasteiger partial charge in [-0.1, -0.05) is 0 Å². The fourth-order valence-electron chi connectivity index (χ4n) is 4.15. The summed E-state index contributed by atoms with van der Waals surface area (Å²) in [7, 11) is 0. The highest BCUT2D eigenvalue weighted by Gasteiger charge is 2.35. The first-order chi connectivity index (χ1) is 12.4. The smallest absolute Gasteiger partial charge is 0.237 e. The second kappa shape index (κ2) is 8.10. The molecule has 4 saturated heterocycles. The molecular weight excluding hydrogens is 330 g/mol. The van der Waals surface area contributed by atoms with Crippen LogP contribution >= 0.6 is 0 Å². The zero-order valence-electron chi connectivity index (χ0n) is 16.6. The quantitative estimate of drug-likeness (QED) is 0.472. The van der Waals surface area contributed by atoms with Crippen LogP contribution in [-0.2, 0) is 4.79 Å². The summed E-state index contributed by atoms with van der Waals surface area (Å²) in [4.78, 5) is 26.3. The van der Waals surface area contributed by atoms with Crippen molar-refractivity contribution in [1.82, 2.24) is 24.9 Å². The molecule has 0 aliphatic carbocycles. The third kappa shape index (κ3) is 4.13. The van der Waals surface area contributed by atoms with Crippen LogP contribution in [0.3, 0.4) is 0 Å². The van der Waals surface area contributed by atoms with E-state index in [-0.39, 0.29) is 5.91 Å². The first-order valence-electron chi connectivity index (χ1n) is 9.96. The van der Waals surface area contributed by atoms with Gasteiger partial charge in [0.2, 0.25) is 5.91 Å². The number of guanidine groups is 1. The Morgan fingerprint density at radius 2 is 1.77 bits per heavy atom. The van der Waals surface area contributed by atoms with Gasteiger partial charge in [-0.3, -0.25) is 24.5 Å². The number of aliphatic imine (C=N–C) groups is 1. The van der Waals surface area contributed by atoms with E-state index in [1.165, 1.54) is 26.2 Å². The van der Waals surface area contributed by atoms with Gasteiger partial charge in [0.25, 0.3) is 0 Å². The summed E-state index contributed by atoms with van der Waals surface area (Å²) >= 11 is 0. The largest absolute Gasteiger partial charge is 0.368 e. The van der Waals surface area contributed by atoms with Crippen molar-refractivity contribution in [1.29, 1.82) is 0 Å². The minimum atomic E-state index is -0.593. The summed E-state index contributed by atoms with van der Waals surface area (Å²) in [5.74, 6) is 0.740. The minimum absolute atomic E-state index is 0.261. The van der Waals surface area contributed by atoms with Crippen LogP contribution in [0.4, 0.5) is 0 Å². The maximum atomic E-state index is 11.7. The van der Waals surface area contributed by atoms with Crippen molar-refractivity contribution in [2.24, 2.45) is 10.7 Å². The lowest BCUT2D eigenvalue weighted by Gasteiger charge is -2.47. The lowest BCUT2D eigenvalue weighted by molar-refractivity contribution is -0.129. The van der Waals surface area contributed by atoms with E-state index in [9.17, 15) is 4.79 Å². The number of carbonyl (C=O) groups is 1. The van der Waals surface area contributed by atoms with E-state index in [1.807, 2.05) is 13.8 Å². The van der Waals surface area contributed by atoms with E-state index in [0.29, 0.717) is 6.04 Å². The molecule has 0 radical (unpaired) electrons. The maximum Gasteiger partial charge on any atom is 0.237 e. The summed E-state index contributed by atoms with van der Waals surface area (Å²) in [5, 5.41) is 3.45. The second-order valence-electron chi connectivity index (χ2n) is 8.08. The minimum Gasteiger partial charge on any atom is -0.368 e. The number of primary amides is 1. The molecule has 3 N–H and O–H groups in total. The molecule has 0 aromatic heterocycles. The van der Waals surface area contributed by atoms with E-state index in [2.05, 4.69) is 31.8 Å². The number of hydrogen-bond donors (Lipinski definition) is 2. The molecule has 8 heteroatoms. The Morgan fingerprint density at radius 3 is 2.27 bits per heavy atom. The van der Waals surface area contributed by atoms with Crippen LogP contribution in [0, 0.1) is 0 Å². The van der Waals surface area contributed by atoms with Crippen LogP contribution in [0.5, 0.6) is 0 Å². The van der Waals surface area contributed by atoms with Gasteiger partial charge in [0.15, 0.2) is 5.96 Å². The Bertz CT molecular complexity index is 520. The summed E-state index contributed by atoms with van der Waals surface area (Å²) in [6.45, 7) is 16.9. The molecule has 2 bridgehead atoms. The molecule has 1 amide bonds. The first-order valence-corrected chi connectivity index (χ1v) is 9.96. The predicted octanol–water partition coefficient (Wildman–Crippen LogP) is -1.17. The van der Waals surface area contributed by atoms with E-state index in [4.69, 9.17) is 10.7 Å². The van der Waals surface area contributed by atoms with Gasteiger partial charge in [-0.15, -0.1) is 0 Å². The number of piperazine rings is 4. The van der Waals surface area contributed by atoms with Crippen LogP contribution in [0.2, 0.25) is 0 Å². The van der Waals surface area contributed by atoms with Crippen molar-refractivity contribution in [3.05, 3.63) is 0 Å². The van der Waals surface area contributed by atoms with Gasteiger partial charge in [0, 0.05) is 71.5 Å². The number of nitrogens with zero attached hydrogens (tertiary/aromatic N) is 5. The van der Waals surface area contributed by atoms with Gasteiger partial charge < -0.3 is 16.0 Å². The SMILES string of the molecule is CCNC(=NCC1CN2CCN1CC2)N1CCN(C(C)(C)C(N)=O)CC1. The van der Waals surface area contributed by atoms with Gasteiger partial charge in [-0.2, -0.15) is 0 Å². The number of nitrogens with two attached hydrogens (primary N) is 1. The predicted molar refractivity (Wildman–Crippen MR) is 104 cm³/mol. The molecule has 1 atom stereocenters. The van der Waals surface area contributed by atoms with Crippen molar-refractivity contribution in [3.63, 3.8) is 0 Å². The van der Waals surface area contributed by atoms with Crippen molar-refractivity contribution in [2.45, 2.75) is 32.4 Å². The first kappa shape index (κ1) is 19.4. The molecule has 0 aromatic rings. The molecule has 4 rings (SSSR count). The van der Waals surface area contributed by atoms with E-state index < -0.39 is 5.54 Å². The van der Waals surface area contributed by atoms with Crippen molar-refractivity contribution in [3.8, 4) is 0 Å². The number of hydrogen-bond acceptors (Lipinski definition) is 5. The summed E-state index contributed by atoms with van der Waals surface area (Å²) < 4.78 is 0. The third-order valence-corrected chi connectivity index (χ3v) is 6.15. The highest BCUT2D eigenvalue weighted by molar-refractivity contribution is 5.84. The standard InChI is InChI=1S/C18H35N7O/c1-4-20-17(21-13-15-14-22-5-7-23(15)8-6-22)24-9-11-25(12-10-24)18(2,3)16(19)26/h15H,4-14H2,1-3H3,(H2,19,26)(H,20,21). The van der Waals surface area contributed by atoms with Crippen LogP contribution in [0.25, 0.3) is 0 Å². The van der Waals surface area contributed by atoms with Gasteiger partial charge in [0.1, 0.15) is 0 Å². The molecule has 4 aliphatic heterocycles. The number of nitrogens with one attached hydrogen (secondary N) is 1. The van der Waals surface area contributed by atoms with E-state index >= 15 is 0 Å².